The average Bonchev–Trinajstić information content (AvgIpc) is 2.38. The summed E-state index contributed by atoms with van der Waals surface area (Å²) >= 11 is 0. The molecule has 0 aliphatic rings. The summed E-state index contributed by atoms with van der Waals surface area (Å²) in [4.78, 5) is 0. The lowest BCUT2D eigenvalue weighted by Crippen LogP contribution is -2.29. The Morgan fingerprint density at radius 1 is 0.842 bits per heavy atom. The Labute approximate surface area is 115 Å². The molecule has 3 N–H and O–H groups in total. The molecule has 0 aliphatic heterocycles. The van der Waals surface area contributed by atoms with Gasteiger partial charge in [-0.15, -0.1) is 0 Å². The molecule has 2 aromatic rings. The molecule has 2 nitrogen and oxygen atoms in total. The molecular formula is C17H22N2. The third kappa shape index (κ3) is 2.86. The zero-order valence-corrected chi connectivity index (χ0v) is 12.1. The van der Waals surface area contributed by atoms with E-state index in [1.165, 1.54) is 33.4 Å². The molecule has 1 unspecified atom stereocenters. The fraction of sp³-hybridized carbons (Fsp3) is 0.294. The molecule has 100 valence electrons. The van der Waals surface area contributed by atoms with Gasteiger partial charge in [0.05, 0.1) is 6.04 Å². The molecule has 0 saturated carbocycles. The molecule has 0 bridgehead atoms. The van der Waals surface area contributed by atoms with Crippen LogP contribution in [-0.2, 0) is 0 Å². The summed E-state index contributed by atoms with van der Waals surface area (Å²) in [5, 5.41) is 0. The van der Waals surface area contributed by atoms with Crippen LogP contribution in [0.3, 0.4) is 0 Å². The van der Waals surface area contributed by atoms with E-state index in [0.717, 1.165) is 0 Å². The van der Waals surface area contributed by atoms with Crippen LogP contribution < -0.4 is 11.3 Å². The Bertz CT molecular complexity index is 588. The van der Waals surface area contributed by atoms with Crippen LogP contribution in [0.25, 0.3) is 0 Å². The van der Waals surface area contributed by atoms with Crippen molar-refractivity contribution in [2.24, 2.45) is 5.84 Å². The van der Waals surface area contributed by atoms with Crippen molar-refractivity contribution in [1.29, 1.82) is 0 Å². The molecule has 1 atom stereocenters. The summed E-state index contributed by atoms with van der Waals surface area (Å²) in [6.45, 7) is 8.49. The number of hydrazine groups is 1. The standard InChI is InChI=1S/C17H22N2/c1-11-5-6-13(3)16(9-11)17(19-18)15-8-7-12(2)14(4)10-15/h5-10,17,19H,18H2,1-4H3. The van der Waals surface area contributed by atoms with E-state index in [-0.39, 0.29) is 6.04 Å². The summed E-state index contributed by atoms with van der Waals surface area (Å²) in [5.41, 5.74) is 10.5. The summed E-state index contributed by atoms with van der Waals surface area (Å²) in [7, 11) is 0. The van der Waals surface area contributed by atoms with Crippen molar-refractivity contribution in [3.63, 3.8) is 0 Å². The monoisotopic (exact) mass is 254 g/mol. The molecule has 2 aromatic carbocycles. The van der Waals surface area contributed by atoms with Crippen molar-refractivity contribution in [3.05, 3.63) is 69.8 Å². The van der Waals surface area contributed by atoms with Gasteiger partial charge in [0, 0.05) is 0 Å². The average molecular weight is 254 g/mol. The number of nitrogens with two attached hydrogens (primary N) is 1. The van der Waals surface area contributed by atoms with E-state index in [2.05, 4.69) is 69.5 Å². The highest BCUT2D eigenvalue weighted by atomic mass is 15.2. The molecule has 0 amide bonds. The number of aryl methyl sites for hydroxylation is 4. The molecule has 0 fully saturated rings. The SMILES string of the molecule is Cc1ccc(C)c(C(NN)c2ccc(C)c(C)c2)c1. The van der Waals surface area contributed by atoms with Crippen LogP contribution in [0.5, 0.6) is 0 Å². The van der Waals surface area contributed by atoms with Crippen molar-refractivity contribution in [2.75, 3.05) is 0 Å². The van der Waals surface area contributed by atoms with Gasteiger partial charge in [-0.05, 0) is 55.5 Å². The predicted octanol–water partition coefficient (Wildman–Crippen LogP) is 3.47. The first-order valence-corrected chi connectivity index (χ1v) is 6.63. The van der Waals surface area contributed by atoms with Crippen molar-refractivity contribution in [3.8, 4) is 0 Å². The Balaban J connectivity index is 2.49. The summed E-state index contributed by atoms with van der Waals surface area (Å²) < 4.78 is 0. The van der Waals surface area contributed by atoms with Crippen LogP contribution in [0.4, 0.5) is 0 Å². The fourth-order valence-corrected chi connectivity index (χ4v) is 2.38. The predicted molar refractivity (Wildman–Crippen MR) is 81.0 cm³/mol. The van der Waals surface area contributed by atoms with Gasteiger partial charge >= 0.3 is 0 Å². The normalized spacial score (nSPS) is 12.5. The molecule has 0 spiro atoms. The number of hydrogen-bond donors (Lipinski definition) is 2. The highest BCUT2D eigenvalue weighted by Gasteiger charge is 2.15. The second kappa shape index (κ2) is 5.55. The van der Waals surface area contributed by atoms with Crippen LogP contribution in [0, 0.1) is 27.7 Å². The largest absolute Gasteiger partial charge is 0.271 e. The molecule has 2 heteroatoms. The lowest BCUT2D eigenvalue weighted by Gasteiger charge is -2.20. The van der Waals surface area contributed by atoms with Gasteiger partial charge < -0.3 is 0 Å². The first kappa shape index (κ1) is 13.8. The highest BCUT2D eigenvalue weighted by molar-refractivity contribution is 5.41. The second-order valence-electron chi connectivity index (χ2n) is 5.30. The summed E-state index contributed by atoms with van der Waals surface area (Å²) in [6, 6.07) is 13.0. The minimum absolute atomic E-state index is 0.0409. The molecule has 0 radical (unpaired) electrons. The van der Waals surface area contributed by atoms with E-state index < -0.39 is 0 Å². The number of benzene rings is 2. The first-order chi connectivity index (χ1) is 9.02. The van der Waals surface area contributed by atoms with Crippen molar-refractivity contribution < 1.29 is 0 Å². The van der Waals surface area contributed by atoms with E-state index in [1.807, 2.05) is 0 Å². The van der Waals surface area contributed by atoms with Crippen LogP contribution in [0.2, 0.25) is 0 Å². The molecule has 0 saturated heterocycles. The maximum atomic E-state index is 5.79. The minimum Gasteiger partial charge on any atom is -0.271 e. The highest BCUT2D eigenvalue weighted by Crippen LogP contribution is 2.26. The van der Waals surface area contributed by atoms with Crippen molar-refractivity contribution in [2.45, 2.75) is 33.7 Å². The molecular weight excluding hydrogens is 232 g/mol. The Morgan fingerprint density at radius 3 is 2.16 bits per heavy atom. The maximum absolute atomic E-state index is 5.79. The lowest BCUT2D eigenvalue weighted by atomic mass is 9.92. The summed E-state index contributed by atoms with van der Waals surface area (Å²) in [5.74, 6) is 5.79. The molecule has 0 aliphatic carbocycles. The Hall–Kier alpha value is -1.64. The van der Waals surface area contributed by atoms with Crippen LogP contribution >= 0.6 is 0 Å². The Morgan fingerprint density at radius 2 is 1.53 bits per heavy atom. The van der Waals surface area contributed by atoms with Crippen LogP contribution in [-0.4, -0.2) is 0 Å². The van der Waals surface area contributed by atoms with E-state index in [1.54, 1.807) is 0 Å². The van der Waals surface area contributed by atoms with Crippen molar-refractivity contribution in [1.82, 2.24) is 5.43 Å². The third-order valence-electron chi connectivity index (χ3n) is 3.78. The van der Waals surface area contributed by atoms with Gasteiger partial charge in [-0.3, -0.25) is 5.84 Å². The molecule has 0 heterocycles. The first-order valence-electron chi connectivity index (χ1n) is 6.63. The fourth-order valence-electron chi connectivity index (χ4n) is 2.38. The van der Waals surface area contributed by atoms with Crippen LogP contribution in [0.1, 0.15) is 39.4 Å². The van der Waals surface area contributed by atoms with Gasteiger partial charge in [0.25, 0.3) is 0 Å². The van der Waals surface area contributed by atoms with Gasteiger partial charge in [-0.25, -0.2) is 5.43 Å². The van der Waals surface area contributed by atoms with E-state index >= 15 is 0 Å². The second-order valence-corrected chi connectivity index (χ2v) is 5.30. The lowest BCUT2D eigenvalue weighted by molar-refractivity contribution is 0.632. The van der Waals surface area contributed by atoms with E-state index in [4.69, 9.17) is 5.84 Å². The number of hydrogen-bond acceptors (Lipinski definition) is 2. The van der Waals surface area contributed by atoms with E-state index in [9.17, 15) is 0 Å². The summed E-state index contributed by atoms with van der Waals surface area (Å²) in [6.07, 6.45) is 0. The number of nitrogens with one attached hydrogen (secondary N) is 1. The van der Waals surface area contributed by atoms with Gasteiger partial charge in [0.15, 0.2) is 0 Å². The van der Waals surface area contributed by atoms with Gasteiger partial charge in [-0.1, -0.05) is 42.0 Å². The van der Waals surface area contributed by atoms with Crippen LogP contribution in [0.15, 0.2) is 36.4 Å². The van der Waals surface area contributed by atoms with E-state index in [0.29, 0.717) is 0 Å². The minimum atomic E-state index is 0.0409. The van der Waals surface area contributed by atoms with Gasteiger partial charge in [0.1, 0.15) is 0 Å². The third-order valence-corrected chi connectivity index (χ3v) is 3.78. The van der Waals surface area contributed by atoms with Crippen molar-refractivity contribution >= 4 is 0 Å². The van der Waals surface area contributed by atoms with Gasteiger partial charge in [0.2, 0.25) is 0 Å². The smallest absolute Gasteiger partial charge is 0.0712 e. The Kier molecular flexibility index (Phi) is 4.03. The maximum Gasteiger partial charge on any atom is 0.0712 e. The molecule has 2 rings (SSSR count). The number of rotatable bonds is 3. The molecule has 0 aromatic heterocycles. The zero-order valence-electron chi connectivity index (χ0n) is 12.1. The molecule has 19 heavy (non-hydrogen) atoms. The zero-order chi connectivity index (χ0) is 14.0. The topological polar surface area (TPSA) is 38.0 Å². The van der Waals surface area contributed by atoms with Gasteiger partial charge in [-0.2, -0.15) is 0 Å². The quantitative estimate of drug-likeness (QED) is 0.650.